The molecule has 5 rings (SSSR count). The maximum Gasteiger partial charge on any atom is 0.275 e. The summed E-state index contributed by atoms with van der Waals surface area (Å²) in [6, 6.07) is 17.5. The van der Waals surface area contributed by atoms with E-state index in [2.05, 4.69) is 64.7 Å². The highest BCUT2D eigenvalue weighted by Gasteiger charge is 2.37. The first kappa shape index (κ1) is 18.4. The molecule has 1 saturated heterocycles. The van der Waals surface area contributed by atoms with E-state index in [1.54, 1.807) is 0 Å². The predicted octanol–water partition coefficient (Wildman–Crippen LogP) is 4.33. The third-order valence-corrected chi connectivity index (χ3v) is 6.32. The molecule has 2 unspecified atom stereocenters. The molecule has 2 atom stereocenters. The van der Waals surface area contributed by atoms with Crippen LogP contribution < -0.4 is 5.32 Å². The Morgan fingerprint density at radius 2 is 1.97 bits per heavy atom. The molecule has 1 aliphatic carbocycles. The smallest absolute Gasteiger partial charge is 0.275 e. The summed E-state index contributed by atoms with van der Waals surface area (Å²) in [4.78, 5) is 15.5. The van der Waals surface area contributed by atoms with Crippen molar-refractivity contribution in [1.29, 1.82) is 0 Å². The average Bonchev–Trinajstić information content (AvgIpc) is 3.47. The number of piperidine rings is 1. The van der Waals surface area contributed by atoms with Gasteiger partial charge in [0.15, 0.2) is 0 Å². The summed E-state index contributed by atoms with van der Waals surface area (Å²) < 4.78 is 1.98. The first-order valence-electron chi connectivity index (χ1n) is 10.8. The Morgan fingerprint density at radius 1 is 1.14 bits per heavy atom. The minimum Gasteiger partial charge on any atom is -0.328 e. The summed E-state index contributed by atoms with van der Waals surface area (Å²) in [6.45, 7) is 4.14. The molecule has 2 fully saturated rings. The first-order valence-corrected chi connectivity index (χ1v) is 10.8. The molecule has 5 nitrogen and oxygen atoms in total. The second kappa shape index (κ2) is 7.64. The molecule has 0 radical (unpaired) electrons. The molecule has 3 aromatic rings. The minimum absolute atomic E-state index is 0.0288. The van der Waals surface area contributed by atoms with Crippen LogP contribution in [0, 0.1) is 0 Å². The van der Waals surface area contributed by atoms with Crippen LogP contribution in [0.2, 0.25) is 0 Å². The molecule has 2 aromatic carbocycles. The summed E-state index contributed by atoms with van der Waals surface area (Å²) in [5.41, 5.74) is 1.75. The van der Waals surface area contributed by atoms with Crippen LogP contribution in [0.3, 0.4) is 0 Å². The Labute approximate surface area is 171 Å². The van der Waals surface area contributed by atoms with Crippen molar-refractivity contribution in [2.24, 2.45) is 0 Å². The standard InChI is InChI=1S/C24H28N4O/c1-17(19-9-8-18-5-2-3-6-20(18)15-19)28(21-10-11-21)24(29)23-12-14-27(26-23)22-7-4-13-25-16-22/h2-3,5-6,8-9,12,14-15,17,21-22,25H,4,7,10-11,13,16H2,1H3. The zero-order valence-electron chi connectivity index (χ0n) is 16.9. The van der Waals surface area contributed by atoms with Gasteiger partial charge in [0.25, 0.3) is 5.91 Å². The Balaban J connectivity index is 1.40. The van der Waals surface area contributed by atoms with Gasteiger partial charge in [0, 0.05) is 18.8 Å². The number of rotatable bonds is 5. The zero-order chi connectivity index (χ0) is 19.8. The van der Waals surface area contributed by atoms with E-state index in [0.717, 1.165) is 38.8 Å². The van der Waals surface area contributed by atoms with E-state index in [1.807, 2.05) is 16.9 Å². The maximum atomic E-state index is 13.4. The molecular weight excluding hydrogens is 360 g/mol. The van der Waals surface area contributed by atoms with Crippen molar-refractivity contribution in [2.45, 2.75) is 50.7 Å². The highest BCUT2D eigenvalue weighted by atomic mass is 16.2. The normalized spacial score (nSPS) is 20.5. The van der Waals surface area contributed by atoms with Crippen molar-refractivity contribution < 1.29 is 4.79 Å². The van der Waals surface area contributed by atoms with E-state index < -0.39 is 0 Å². The lowest BCUT2D eigenvalue weighted by atomic mass is 10.0. The predicted molar refractivity (Wildman–Crippen MR) is 115 cm³/mol. The Morgan fingerprint density at radius 3 is 2.72 bits per heavy atom. The number of carbonyl (C=O) groups is 1. The molecule has 150 valence electrons. The van der Waals surface area contributed by atoms with Crippen LogP contribution >= 0.6 is 0 Å². The van der Waals surface area contributed by atoms with Gasteiger partial charge < -0.3 is 10.2 Å². The van der Waals surface area contributed by atoms with E-state index in [4.69, 9.17) is 0 Å². The van der Waals surface area contributed by atoms with Gasteiger partial charge in [-0.2, -0.15) is 5.10 Å². The number of hydrogen-bond acceptors (Lipinski definition) is 3. The summed E-state index contributed by atoms with van der Waals surface area (Å²) in [7, 11) is 0. The lowest BCUT2D eigenvalue weighted by Crippen LogP contribution is -2.36. The van der Waals surface area contributed by atoms with Crippen molar-refractivity contribution in [2.75, 3.05) is 13.1 Å². The molecule has 1 N–H and O–H groups in total. The molecule has 29 heavy (non-hydrogen) atoms. The molecule has 2 aliphatic rings. The molecule has 1 saturated carbocycles. The lowest BCUT2D eigenvalue weighted by Gasteiger charge is -2.29. The summed E-state index contributed by atoms with van der Waals surface area (Å²) in [5, 5.41) is 10.5. The second-order valence-electron chi connectivity index (χ2n) is 8.41. The van der Waals surface area contributed by atoms with Crippen molar-refractivity contribution in [3.63, 3.8) is 0 Å². The molecule has 1 aliphatic heterocycles. The fourth-order valence-electron chi connectivity index (χ4n) is 4.49. The highest BCUT2D eigenvalue weighted by Crippen LogP contribution is 2.36. The van der Waals surface area contributed by atoms with Crippen molar-refractivity contribution in [1.82, 2.24) is 20.0 Å². The van der Waals surface area contributed by atoms with Crippen LogP contribution in [0.25, 0.3) is 10.8 Å². The van der Waals surface area contributed by atoms with Crippen LogP contribution in [0.5, 0.6) is 0 Å². The number of hydrogen-bond donors (Lipinski definition) is 1. The zero-order valence-corrected chi connectivity index (χ0v) is 16.9. The van der Waals surface area contributed by atoms with Gasteiger partial charge in [0.2, 0.25) is 0 Å². The first-order chi connectivity index (χ1) is 14.2. The van der Waals surface area contributed by atoms with E-state index >= 15 is 0 Å². The lowest BCUT2D eigenvalue weighted by molar-refractivity contribution is 0.0666. The number of benzene rings is 2. The summed E-state index contributed by atoms with van der Waals surface area (Å²) >= 11 is 0. The number of fused-ring (bicyclic) bond motifs is 1. The topological polar surface area (TPSA) is 50.2 Å². The van der Waals surface area contributed by atoms with Gasteiger partial charge in [0.05, 0.1) is 12.1 Å². The van der Waals surface area contributed by atoms with Gasteiger partial charge in [0.1, 0.15) is 5.69 Å². The van der Waals surface area contributed by atoms with Gasteiger partial charge in [-0.25, -0.2) is 0 Å². The number of carbonyl (C=O) groups excluding carboxylic acids is 1. The Bertz CT molecular complexity index is 1020. The third-order valence-electron chi connectivity index (χ3n) is 6.32. The Kier molecular flexibility index (Phi) is 4.84. The monoisotopic (exact) mass is 388 g/mol. The van der Waals surface area contributed by atoms with E-state index in [1.165, 1.54) is 16.3 Å². The Hall–Kier alpha value is -2.66. The molecule has 1 amide bonds. The van der Waals surface area contributed by atoms with Gasteiger partial charge in [-0.1, -0.05) is 36.4 Å². The third kappa shape index (κ3) is 3.67. The van der Waals surface area contributed by atoms with Crippen LogP contribution in [-0.4, -0.2) is 39.7 Å². The average molecular weight is 389 g/mol. The number of nitrogens with zero attached hydrogens (tertiary/aromatic N) is 3. The molecule has 1 aromatic heterocycles. The van der Waals surface area contributed by atoms with Crippen LogP contribution in [0.4, 0.5) is 0 Å². The fourth-order valence-corrected chi connectivity index (χ4v) is 4.49. The molecule has 0 bridgehead atoms. The number of aromatic nitrogens is 2. The number of nitrogens with one attached hydrogen (secondary N) is 1. The summed E-state index contributed by atoms with van der Waals surface area (Å²) in [6.07, 6.45) is 6.40. The molecule has 2 heterocycles. The van der Waals surface area contributed by atoms with Crippen LogP contribution in [0.1, 0.15) is 60.7 Å². The van der Waals surface area contributed by atoms with Crippen molar-refractivity contribution >= 4 is 16.7 Å². The molecular formula is C24H28N4O. The quantitative estimate of drug-likeness (QED) is 0.708. The van der Waals surface area contributed by atoms with Crippen molar-refractivity contribution in [3.8, 4) is 0 Å². The van der Waals surface area contributed by atoms with Gasteiger partial charge >= 0.3 is 0 Å². The maximum absolute atomic E-state index is 13.4. The summed E-state index contributed by atoms with van der Waals surface area (Å²) in [5.74, 6) is 0.0516. The van der Waals surface area contributed by atoms with Gasteiger partial charge in [-0.3, -0.25) is 9.48 Å². The molecule has 0 spiro atoms. The largest absolute Gasteiger partial charge is 0.328 e. The van der Waals surface area contributed by atoms with Gasteiger partial charge in [-0.15, -0.1) is 0 Å². The molecule has 5 heteroatoms. The van der Waals surface area contributed by atoms with E-state index in [0.29, 0.717) is 17.8 Å². The van der Waals surface area contributed by atoms with Crippen LogP contribution in [-0.2, 0) is 0 Å². The minimum atomic E-state index is 0.0288. The fraction of sp³-hybridized carbons (Fsp3) is 0.417. The SMILES string of the molecule is CC(c1ccc2ccccc2c1)N(C(=O)c1ccn(C2CCCNC2)n1)C1CC1. The van der Waals surface area contributed by atoms with Crippen molar-refractivity contribution in [3.05, 3.63) is 66.0 Å². The van der Waals surface area contributed by atoms with Gasteiger partial charge in [-0.05, 0) is 67.6 Å². The number of amides is 1. The van der Waals surface area contributed by atoms with Crippen LogP contribution in [0.15, 0.2) is 54.7 Å². The highest BCUT2D eigenvalue weighted by molar-refractivity contribution is 5.93. The second-order valence-corrected chi connectivity index (χ2v) is 8.41. The van der Waals surface area contributed by atoms with E-state index in [-0.39, 0.29) is 11.9 Å². The van der Waals surface area contributed by atoms with E-state index in [9.17, 15) is 4.79 Å².